The molecule has 0 saturated carbocycles. The fraction of sp³-hybridized carbons (Fsp3) is 0.538. The van der Waals surface area contributed by atoms with Gasteiger partial charge >= 0.3 is 0 Å². The first-order chi connectivity index (χ1) is 7.33. The Labute approximate surface area is 96.7 Å². The van der Waals surface area contributed by atoms with Crippen LogP contribution in [0.25, 0.3) is 0 Å². The lowest BCUT2D eigenvalue weighted by Gasteiger charge is -2.24. The summed E-state index contributed by atoms with van der Waals surface area (Å²) in [6.45, 7) is 2.21. The van der Waals surface area contributed by atoms with Gasteiger partial charge in [-0.15, -0.1) is 0 Å². The van der Waals surface area contributed by atoms with Crippen LogP contribution in [0, 0.1) is 12.8 Å². The minimum atomic E-state index is 0.543. The Morgan fingerprint density at radius 3 is 2.80 bits per heavy atom. The molecule has 1 nitrogen and oxygen atoms in total. The molecule has 15 heavy (non-hydrogen) atoms. The minimum Gasteiger partial charge on any atom is -0.313 e. The van der Waals surface area contributed by atoms with Crippen LogP contribution in [0.2, 0.25) is 0 Å². The van der Waals surface area contributed by atoms with Crippen LogP contribution in [0.4, 0.5) is 0 Å². The van der Waals surface area contributed by atoms with E-state index in [9.17, 15) is 0 Å². The minimum absolute atomic E-state index is 0.543. The van der Waals surface area contributed by atoms with Crippen molar-refractivity contribution < 1.29 is 0 Å². The van der Waals surface area contributed by atoms with Crippen molar-refractivity contribution in [1.29, 1.82) is 0 Å². The van der Waals surface area contributed by atoms with Gasteiger partial charge in [-0.25, -0.2) is 0 Å². The lowest BCUT2D eigenvalue weighted by Crippen LogP contribution is -2.25. The predicted octanol–water partition coefficient (Wildman–Crippen LogP) is 3.01. The normalized spacial score (nSPS) is 22.9. The van der Waals surface area contributed by atoms with Crippen LogP contribution in [0.5, 0.6) is 0 Å². The number of hydrogen-bond acceptors (Lipinski definition) is 2. The zero-order valence-corrected chi connectivity index (χ0v) is 10.3. The highest BCUT2D eigenvalue weighted by atomic mass is 32.2. The lowest BCUT2D eigenvalue weighted by molar-refractivity contribution is 0.418. The summed E-state index contributed by atoms with van der Waals surface area (Å²) in [5.74, 6) is 3.44. The quantitative estimate of drug-likeness (QED) is 0.842. The van der Waals surface area contributed by atoms with Gasteiger partial charge in [0.15, 0.2) is 0 Å². The Hall–Kier alpha value is -0.470. The van der Waals surface area contributed by atoms with Crippen molar-refractivity contribution in [2.75, 3.05) is 18.6 Å². The molecule has 1 heterocycles. The second kappa shape index (κ2) is 5.04. The van der Waals surface area contributed by atoms with Crippen molar-refractivity contribution in [3.63, 3.8) is 0 Å². The van der Waals surface area contributed by atoms with Crippen LogP contribution >= 0.6 is 11.8 Å². The van der Waals surface area contributed by atoms with Crippen molar-refractivity contribution in [3.8, 4) is 0 Å². The molecule has 0 radical (unpaired) electrons. The third-order valence-electron chi connectivity index (χ3n) is 3.27. The van der Waals surface area contributed by atoms with E-state index in [1.54, 1.807) is 0 Å². The maximum Gasteiger partial charge on any atom is 0.0357 e. The highest BCUT2D eigenvalue weighted by Gasteiger charge is 2.26. The van der Waals surface area contributed by atoms with Crippen LogP contribution in [0.3, 0.4) is 0 Å². The zero-order valence-electron chi connectivity index (χ0n) is 9.49. The topological polar surface area (TPSA) is 12.0 Å². The first kappa shape index (κ1) is 11.0. The molecule has 2 atom stereocenters. The van der Waals surface area contributed by atoms with E-state index in [1.807, 2.05) is 0 Å². The number of nitrogens with one attached hydrogen (secondary N) is 1. The molecule has 1 N–H and O–H groups in total. The molecule has 0 aliphatic carbocycles. The molecular formula is C13H19NS. The number of hydrogen-bond donors (Lipinski definition) is 1. The number of thioether (sulfide) groups is 1. The largest absolute Gasteiger partial charge is 0.313 e. The first-order valence-corrected chi connectivity index (χ1v) is 6.79. The van der Waals surface area contributed by atoms with Gasteiger partial charge in [-0.05, 0) is 48.9 Å². The van der Waals surface area contributed by atoms with Gasteiger partial charge in [0, 0.05) is 6.04 Å². The Bertz CT molecular complexity index is 318. The summed E-state index contributed by atoms with van der Waals surface area (Å²) in [5.41, 5.74) is 2.89. The molecule has 2 unspecified atom stereocenters. The molecule has 1 aromatic carbocycles. The molecule has 1 fully saturated rings. The predicted molar refractivity (Wildman–Crippen MR) is 68.4 cm³/mol. The van der Waals surface area contributed by atoms with E-state index in [0.717, 1.165) is 5.92 Å². The average molecular weight is 221 g/mol. The van der Waals surface area contributed by atoms with E-state index < -0.39 is 0 Å². The van der Waals surface area contributed by atoms with E-state index in [4.69, 9.17) is 0 Å². The third kappa shape index (κ3) is 2.37. The van der Waals surface area contributed by atoms with Gasteiger partial charge in [-0.2, -0.15) is 11.8 Å². The molecular weight excluding hydrogens is 202 g/mol. The van der Waals surface area contributed by atoms with E-state index >= 15 is 0 Å². The van der Waals surface area contributed by atoms with E-state index in [-0.39, 0.29) is 0 Å². The van der Waals surface area contributed by atoms with Gasteiger partial charge in [0.25, 0.3) is 0 Å². The van der Waals surface area contributed by atoms with Crippen molar-refractivity contribution in [1.82, 2.24) is 5.32 Å². The Balaban J connectivity index is 2.22. The molecule has 0 spiro atoms. The third-order valence-corrected chi connectivity index (χ3v) is 4.46. The molecule has 2 rings (SSSR count). The van der Waals surface area contributed by atoms with Gasteiger partial charge in [0.05, 0.1) is 0 Å². The summed E-state index contributed by atoms with van der Waals surface area (Å²) in [6.07, 6.45) is 1.35. The second-order valence-corrected chi connectivity index (χ2v) is 5.40. The molecule has 1 aromatic rings. The molecule has 0 aromatic heterocycles. The van der Waals surface area contributed by atoms with Gasteiger partial charge in [0.2, 0.25) is 0 Å². The maximum absolute atomic E-state index is 3.49. The fourth-order valence-electron chi connectivity index (χ4n) is 2.40. The van der Waals surface area contributed by atoms with Crippen molar-refractivity contribution in [2.24, 2.45) is 5.92 Å². The number of rotatable bonds is 3. The van der Waals surface area contributed by atoms with Crippen molar-refractivity contribution >= 4 is 11.8 Å². The number of benzene rings is 1. The molecule has 1 aliphatic rings. The highest BCUT2D eigenvalue weighted by Crippen LogP contribution is 2.34. The van der Waals surface area contributed by atoms with E-state index in [1.165, 1.54) is 29.1 Å². The standard InChI is InChI=1S/C13H19NS/c1-10-5-3-4-6-12(10)13(14-2)11-7-8-15-9-11/h3-6,11,13-14H,7-9H2,1-2H3. The molecule has 0 amide bonds. The second-order valence-electron chi connectivity index (χ2n) is 4.25. The summed E-state index contributed by atoms with van der Waals surface area (Å²) in [5, 5.41) is 3.49. The smallest absolute Gasteiger partial charge is 0.0357 e. The average Bonchev–Trinajstić information content (AvgIpc) is 2.75. The number of aryl methyl sites for hydroxylation is 1. The molecule has 1 saturated heterocycles. The van der Waals surface area contributed by atoms with Gasteiger partial charge in [0.1, 0.15) is 0 Å². The van der Waals surface area contributed by atoms with Crippen molar-refractivity contribution in [3.05, 3.63) is 35.4 Å². The lowest BCUT2D eigenvalue weighted by atomic mass is 9.90. The maximum atomic E-state index is 3.49. The summed E-state index contributed by atoms with van der Waals surface area (Å²) in [6, 6.07) is 9.28. The summed E-state index contributed by atoms with van der Waals surface area (Å²) in [4.78, 5) is 0. The van der Waals surface area contributed by atoms with Crippen LogP contribution < -0.4 is 5.32 Å². The van der Waals surface area contributed by atoms with Gasteiger partial charge in [-0.3, -0.25) is 0 Å². The summed E-state index contributed by atoms with van der Waals surface area (Å²) < 4.78 is 0. The van der Waals surface area contributed by atoms with Crippen LogP contribution in [-0.4, -0.2) is 18.6 Å². The monoisotopic (exact) mass is 221 g/mol. The Morgan fingerprint density at radius 1 is 1.40 bits per heavy atom. The molecule has 1 aliphatic heterocycles. The first-order valence-electron chi connectivity index (χ1n) is 5.63. The summed E-state index contributed by atoms with van der Waals surface area (Å²) >= 11 is 2.09. The van der Waals surface area contributed by atoms with Crippen LogP contribution in [-0.2, 0) is 0 Å². The van der Waals surface area contributed by atoms with Crippen LogP contribution in [0.1, 0.15) is 23.6 Å². The van der Waals surface area contributed by atoms with Crippen molar-refractivity contribution in [2.45, 2.75) is 19.4 Å². The van der Waals surface area contributed by atoms with Gasteiger partial charge in [-0.1, -0.05) is 24.3 Å². The zero-order chi connectivity index (χ0) is 10.7. The van der Waals surface area contributed by atoms with Gasteiger partial charge < -0.3 is 5.32 Å². The molecule has 0 bridgehead atoms. The Morgan fingerprint density at radius 2 is 2.20 bits per heavy atom. The fourth-order valence-corrected chi connectivity index (χ4v) is 3.69. The van der Waals surface area contributed by atoms with E-state index in [0.29, 0.717) is 6.04 Å². The van der Waals surface area contributed by atoms with E-state index in [2.05, 4.69) is 55.3 Å². The SMILES string of the molecule is CNC(c1ccccc1C)C1CCSC1. The van der Waals surface area contributed by atoms with Crippen LogP contribution in [0.15, 0.2) is 24.3 Å². The summed E-state index contributed by atoms with van der Waals surface area (Å²) in [7, 11) is 2.08. The molecule has 2 heteroatoms. The Kier molecular flexibility index (Phi) is 3.71. The molecule has 82 valence electrons. The highest BCUT2D eigenvalue weighted by molar-refractivity contribution is 7.99.